The molecule has 0 saturated heterocycles. The average molecular weight is 269 g/mol. The third-order valence-corrected chi connectivity index (χ3v) is 3.74. The molecular weight excluding hydrogens is 258 g/mol. The van der Waals surface area contributed by atoms with Crippen LogP contribution in [0.15, 0.2) is 59.6 Å². The van der Waals surface area contributed by atoms with Crippen molar-refractivity contribution in [2.75, 3.05) is 0 Å². The average Bonchev–Trinajstić information content (AvgIpc) is 2.87. The van der Waals surface area contributed by atoms with Gasteiger partial charge in [0, 0.05) is 0 Å². The molecule has 4 heteroatoms. The number of ether oxygens (including phenoxy) is 1. The van der Waals surface area contributed by atoms with Crippen LogP contribution in [0.4, 0.5) is 0 Å². The SMILES string of the molecule is O=C1N=CSC1c1ccc(Oc2ccccc2)cc1. The molecule has 0 fully saturated rings. The Labute approximate surface area is 115 Å². The van der Waals surface area contributed by atoms with Crippen LogP contribution in [0.5, 0.6) is 11.5 Å². The zero-order chi connectivity index (χ0) is 13.1. The molecule has 0 N–H and O–H groups in total. The Kier molecular flexibility index (Phi) is 3.33. The minimum absolute atomic E-state index is 0.0956. The van der Waals surface area contributed by atoms with Gasteiger partial charge >= 0.3 is 0 Å². The first-order valence-corrected chi connectivity index (χ1v) is 6.82. The summed E-state index contributed by atoms with van der Waals surface area (Å²) < 4.78 is 5.70. The second-order valence-corrected chi connectivity index (χ2v) is 5.03. The Morgan fingerprint density at radius 1 is 0.947 bits per heavy atom. The molecule has 94 valence electrons. The standard InChI is InChI=1S/C15H11NO2S/c17-15-14(19-10-16-15)11-6-8-13(9-7-11)18-12-4-2-1-3-5-12/h1-10,14H. The summed E-state index contributed by atoms with van der Waals surface area (Å²) in [5.41, 5.74) is 2.55. The summed E-state index contributed by atoms with van der Waals surface area (Å²) in [5.74, 6) is 1.46. The molecule has 0 bridgehead atoms. The smallest absolute Gasteiger partial charge is 0.264 e. The molecule has 3 rings (SSSR count). The van der Waals surface area contributed by atoms with Crippen molar-refractivity contribution < 1.29 is 9.53 Å². The highest BCUT2D eigenvalue weighted by Gasteiger charge is 2.23. The maximum atomic E-state index is 11.5. The third kappa shape index (κ3) is 2.69. The summed E-state index contributed by atoms with van der Waals surface area (Å²) in [6.07, 6.45) is 0. The fourth-order valence-corrected chi connectivity index (χ4v) is 2.60. The van der Waals surface area contributed by atoms with Crippen LogP contribution in [0.1, 0.15) is 10.8 Å². The summed E-state index contributed by atoms with van der Waals surface area (Å²) in [6, 6.07) is 17.1. The number of aliphatic imine (C=N–C) groups is 1. The number of rotatable bonds is 3. The van der Waals surface area contributed by atoms with E-state index in [-0.39, 0.29) is 11.2 Å². The van der Waals surface area contributed by atoms with Crippen molar-refractivity contribution in [3.8, 4) is 11.5 Å². The van der Waals surface area contributed by atoms with Crippen molar-refractivity contribution in [2.24, 2.45) is 4.99 Å². The van der Waals surface area contributed by atoms with Gasteiger partial charge in [0.1, 0.15) is 16.7 Å². The molecule has 1 amide bonds. The Balaban J connectivity index is 1.74. The minimum atomic E-state index is -0.203. The van der Waals surface area contributed by atoms with Gasteiger partial charge in [0.05, 0.1) is 5.55 Å². The molecule has 3 nitrogen and oxygen atoms in total. The van der Waals surface area contributed by atoms with E-state index in [1.165, 1.54) is 11.8 Å². The number of hydrogen-bond donors (Lipinski definition) is 0. The number of carbonyl (C=O) groups is 1. The van der Waals surface area contributed by atoms with Crippen LogP contribution in [0.3, 0.4) is 0 Å². The van der Waals surface area contributed by atoms with E-state index in [9.17, 15) is 4.79 Å². The maximum absolute atomic E-state index is 11.5. The van der Waals surface area contributed by atoms with Gasteiger partial charge in [-0.15, -0.1) is 0 Å². The number of amides is 1. The first-order chi connectivity index (χ1) is 9.33. The number of para-hydroxylation sites is 1. The Morgan fingerprint density at radius 3 is 2.26 bits per heavy atom. The van der Waals surface area contributed by atoms with Crippen LogP contribution in [0.25, 0.3) is 0 Å². The lowest BCUT2D eigenvalue weighted by molar-refractivity contribution is -0.117. The zero-order valence-electron chi connectivity index (χ0n) is 10.0. The van der Waals surface area contributed by atoms with Crippen LogP contribution in [0, 0.1) is 0 Å². The molecule has 0 saturated carbocycles. The highest BCUT2D eigenvalue weighted by Crippen LogP contribution is 2.34. The van der Waals surface area contributed by atoms with Gasteiger partial charge in [-0.25, -0.2) is 4.99 Å². The molecular formula is C15H11NO2S. The Hall–Kier alpha value is -2.07. The Morgan fingerprint density at radius 2 is 1.63 bits per heavy atom. The van der Waals surface area contributed by atoms with Gasteiger partial charge in [0.2, 0.25) is 0 Å². The number of thioether (sulfide) groups is 1. The van der Waals surface area contributed by atoms with Crippen molar-refractivity contribution in [1.29, 1.82) is 0 Å². The van der Waals surface area contributed by atoms with Crippen molar-refractivity contribution in [3.63, 3.8) is 0 Å². The van der Waals surface area contributed by atoms with Crippen molar-refractivity contribution in [2.45, 2.75) is 5.25 Å². The first-order valence-electron chi connectivity index (χ1n) is 5.87. The lowest BCUT2D eigenvalue weighted by Gasteiger charge is -2.09. The van der Waals surface area contributed by atoms with Gasteiger partial charge in [-0.3, -0.25) is 4.79 Å². The predicted molar refractivity (Wildman–Crippen MR) is 76.8 cm³/mol. The summed E-state index contributed by atoms with van der Waals surface area (Å²) in [6.45, 7) is 0. The molecule has 19 heavy (non-hydrogen) atoms. The zero-order valence-corrected chi connectivity index (χ0v) is 10.8. The summed E-state index contributed by atoms with van der Waals surface area (Å²) in [4.78, 5) is 15.3. The molecule has 1 heterocycles. The van der Waals surface area contributed by atoms with Gasteiger partial charge in [0.25, 0.3) is 5.91 Å². The van der Waals surface area contributed by atoms with Gasteiger partial charge in [0.15, 0.2) is 0 Å². The van der Waals surface area contributed by atoms with Crippen LogP contribution >= 0.6 is 11.8 Å². The number of benzene rings is 2. The van der Waals surface area contributed by atoms with Crippen LogP contribution in [0.2, 0.25) is 0 Å². The fourth-order valence-electron chi connectivity index (χ4n) is 1.83. The summed E-state index contributed by atoms with van der Waals surface area (Å²) in [7, 11) is 0. The molecule has 1 atom stereocenters. The summed E-state index contributed by atoms with van der Waals surface area (Å²) >= 11 is 1.43. The van der Waals surface area contributed by atoms with E-state index in [0.29, 0.717) is 0 Å². The van der Waals surface area contributed by atoms with Crippen LogP contribution in [-0.2, 0) is 4.79 Å². The normalized spacial score (nSPS) is 17.7. The van der Waals surface area contributed by atoms with Crippen LogP contribution < -0.4 is 4.74 Å². The van der Waals surface area contributed by atoms with E-state index >= 15 is 0 Å². The van der Waals surface area contributed by atoms with E-state index < -0.39 is 0 Å². The highest BCUT2D eigenvalue weighted by atomic mass is 32.2. The highest BCUT2D eigenvalue weighted by molar-refractivity contribution is 8.13. The predicted octanol–water partition coefficient (Wildman–Crippen LogP) is 3.82. The molecule has 2 aromatic carbocycles. The van der Waals surface area contributed by atoms with E-state index in [1.54, 1.807) is 5.55 Å². The maximum Gasteiger partial charge on any atom is 0.264 e. The van der Waals surface area contributed by atoms with Gasteiger partial charge in [-0.1, -0.05) is 42.1 Å². The number of hydrogen-bond acceptors (Lipinski definition) is 3. The lowest BCUT2D eigenvalue weighted by atomic mass is 10.1. The number of carbonyl (C=O) groups excluding carboxylic acids is 1. The molecule has 0 aliphatic carbocycles. The minimum Gasteiger partial charge on any atom is -0.457 e. The quantitative estimate of drug-likeness (QED) is 0.850. The summed E-state index contributed by atoms with van der Waals surface area (Å²) in [5, 5.41) is -0.203. The van der Waals surface area contributed by atoms with Crippen molar-refractivity contribution in [3.05, 3.63) is 60.2 Å². The molecule has 1 aliphatic rings. The largest absolute Gasteiger partial charge is 0.457 e. The topological polar surface area (TPSA) is 38.7 Å². The van der Waals surface area contributed by atoms with Gasteiger partial charge < -0.3 is 4.74 Å². The fraction of sp³-hybridized carbons (Fsp3) is 0.0667. The van der Waals surface area contributed by atoms with Crippen LogP contribution in [-0.4, -0.2) is 11.5 Å². The van der Waals surface area contributed by atoms with Crippen molar-refractivity contribution >= 4 is 23.2 Å². The number of nitrogens with zero attached hydrogens (tertiary/aromatic N) is 1. The van der Waals surface area contributed by atoms with E-state index in [0.717, 1.165) is 17.1 Å². The van der Waals surface area contributed by atoms with E-state index in [2.05, 4.69) is 4.99 Å². The first kappa shape index (κ1) is 12.0. The van der Waals surface area contributed by atoms with Crippen molar-refractivity contribution in [1.82, 2.24) is 0 Å². The van der Waals surface area contributed by atoms with E-state index in [1.807, 2.05) is 54.6 Å². The van der Waals surface area contributed by atoms with Gasteiger partial charge in [-0.2, -0.15) is 0 Å². The third-order valence-electron chi connectivity index (χ3n) is 2.76. The molecule has 0 aromatic heterocycles. The Bertz CT molecular complexity index is 608. The second kappa shape index (κ2) is 5.28. The lowest BCUT2D eigenvalue weighted by Crippen LogP contribution is -2.00. The van der Waals surface area contributed by atoms with E-state index in [4.69, 9.17) is 4.74 Å². The monoisotopic (exact) mass is 269 g/mol. The molecule has 0 spiro atoms. The van der Waals surface area contributed by atoms with Gasteiger partial charge in [-0.05, 0) is 29.8 Å². The second-order valence-electron chi connectivity index (χ2n) is 4.07. The molecule has 2 aromatic rings. The molecule has 1 aliphatic heterocycles. The molecule has 1 unspecified atom stereocenters. The molecule has 0 radical (unpaired) electrons.